The van der Waals surface area contributed by atoms with Crippen LogP contribution in [-0.4, -0.2) is 62.3 Å². The number of aromatic nitrogens is 1. The SMILES string of the molecule is Cc1cc(N(CCN(C)C)C(=O)N(C)C)no1. The Morgan fingerprint density at radius 3 is 2.35 bits per heavy atom. The van der Waals surface area contributed by atoms with Crippen molar-refractivity contribution >= 4 is 11.8 Å². The van der Waals surface area contributed by atoms with Gasteiger partial charge in [0.1, 0.15) is 5.76 Å². The summed E-state index contributed by atoms with van der Waals surface area (Å²) < 4.78 is 5.01. The van der Waals surface area contributed by atoms with E-state index < -0.39 is 0 Å². The van der Waals surface area contributed by atoms with Crippen LogP contribution in [0, 0.1) is 6.92 Å². The van der Waals surface area contributed by atoms with Crippen molar-refractivity contribution in [1.82, 2.24) is 15.0 Å². The summed E-state index contributed by atoms with van der Waals surface area (Å²) in [4.78, 5) is 17.2. The van der Waals surface area contributed by atoms with Gasteiger partial charge in [-0.2, -0.15) is 0 Å². The van der Waals surface area contributed by atoms with Crippen molar-refractivity contribution in [1.29, 1.82) is 0 Å². The molecule has 1 aromatic heterocycles. The molecule has 0 radical (unpaired) electrons. The molecule has 17 heavy (non-hydrogen) atoms. The highest BCUT2D eigenvalue weighted by Gasteiger charge is 2.20. The van der Waals surface area contributed by atoms with Crippen LogP contribution in [0.5, 0.6) is 0 Å². The zero-order valence-corrected chi connectivity index (χ0v) is 11.1. The quantitative estimate of drug-likeness (QED) is 0.789. The van der Waals surface area contributed by atoms with E-state index in [1.807, 2.05) is 19.0 Å². The van der Waals surface area contributed by atoms with Crippen molar-refractivity contribution in [3.8, 4) is 0 Å². The van der Waals surface area contributed by atoms with Crippen LogP contribution in [0.2, 0.25) is 0 Å². The Balaban J connectivity index is 2.82. The van der Waals surface area contributed by atoms with E-state index in [-0.39, 0.29) is 6.03 Å². The molecule has 0 aliphatic carbocycles. The summed E-state index contributed by atoms with van der Waals surface area (Å²) in [5.74, 6) is 1.25. The van der Waals surface area contributed by atoms with Crippen LogP contribution in [0.4, 0.5) is 10.6 Å². The van der Waals surface area contributed by atoms with Gasteiger partial charge in [0.05, 0.1) is 0 Å². The van der Waals surface area contributed by atoms with Gasteiger partial charge in [-0.05, 0) is 21.0 Å². The summed E-state index contributed by atoms with van der Waals surface area (Å²) in [5, 5.41) is 3.88. The number of urea groups is 1. The fourth-order valence-corrected chi connectivity index (χ4v) is 1.33. The van der Waals surface area contributed by atoms with Gasteiger partial charge < -0.3 is 14.3 Å². The first-order valence-corrected chi connectivity index (χ1v) is 5.48. The molecule has 0 N–H and O–H groups in total. The lowest BCUT2D eigenvalue weighted by Gasteiger charge is -2.24. The standard InChI is InChI=1S/C11H20N4O2/c1-9-8-10(12-17-9)15(7-6-13(2)3)11(16)14(4)5/h8H,6-7H2,1-5H3. The minimum Gasteiger partial charge on any atom is -0.360 e. The molecule has 2 amide bonds. The number of hydrogen-bond acceptors (Lipinski definition) is 4. The molecule has 0 aliphatic heterocycles. The number of anilines is 1. The number of likely N-dealkylation sites (N-methyl/N-ethyl adjacent to an activating group) is 1. The monoisotopic (exact) mass is 240 g/mol. The van der Waals surface area contributed by atoms with Crippen molar-refractivity contribution in [3.05, 3.63) is 11.8 Å². The molecule has 96 valence electrons. The average molecular weight is 240 g/mol. The van der Waals surface area contributed by atoms with E-state index in [0.29, 0.717) is 18.1 Å². The summed E-state index contributed by atoms with van der Waals surface area (Å²) >= 11 is 0. The Bertz CT molecular complexity index is 373. The molecular formula is C11H20N4O2. The second-order valence-electron chi connectivity index (χ2n) is 4.43. The molecule has 0 bridgehead atoms. The lowest BCUT2D eigenvalue weighted by atomic mass is 10.4. The molecule has 0 saturated heterocycles. The number of rotatable bonds is 4. The van der Waals surface area contributed by atoms with E-state index in [0.717, 1.165) is 6.54 Å². The minimum atomic E-state index is -0.0971. The third-order valence-electron chi connectivity index (χ3n) is 2.28. The van der Waals surface area contributed by atoms with E-state index in [1.54, 1.807) is 32.0 Å². The Kier molecular flexibility index (Phi) is 4.51. The predicted molar refractivity (Wildman–Crippen MR) is 66.2 cm³/mol. The van der Waals surface area contributed by atoms with Crippen LogP contribution in [0.15, 0.2) is 10.6 Å². The molecule has 6 nitrogen and oxygen atoms in total. The second kappa shape index (κ2) is 5.67. The van der Waals surface area contributed by atoms with E-state index in [1.165, 1.54) is 4.90 Å². The predicted octanol–water partition coefficient (Wildman–Crippen LogP) is 1.03. The number of amides is 2. The zero-order valence-electron chi connectivity index (χ0n) is 11.1. The summed E-state index contributed by atoms with van der Waals surface area (Å²) in [6, 6.07) is 1.66. The zero-order chi connectivity index (χ0) is 13.0. The number of carbonyl (C=O) groups is 1. The molecule has 0 fully saturated rings. The van der Waals surface area contributed by atoms with Crippen molar-refractivity contribution < 1.29 is 9.32 Å². The highest BCUT2D eigenvalue weighted by molar-refractivity contribution is 5.90. The molecule has 0 aromatic carbocycles. The van der Waals surface area contributed by atoms with E-state index in [2.05, 4.69) is 5.16 Å². The fourth-order valence-electron chi connectivity index (χ4n) is 1.33. The first-order valence-electron chi connectivity index (χ1n) is 5.48. The molecular weight excluding hydrogens is 220 g/mol. The lowest BCUT2D eigenvalue weighted by Crippen LogP contribution is -2.42. The van der Waals surface area contributed by atoms with E-state index in [9.17, 15) is 4.79 Å². The van der Waals surface area contributed by atoms with Crippen molar-refractivity contribution in [2.24, 2.45) is 0 Å². The smallest absolute Gasteiger partial charge is 0.325 e. The van der Waals surface area contributed by atoms with Gasteiger partial charge in [-0.3, -0.25) is 4.90 Å². The van der Waals surface area contributed by atoms with Crippen molar-refractivity contribution in [2.45, 2.75) is 6.92 Å². The highest BCUT2D eigenvalue weighted by atomic mass is 16.5. The Morgan fingerprint density at radius 1 is 1.29 bits per heavy atom. The van der Waals surface area contributed by atoms with Gasteiger partial charge in [0.15, 0.2) is 5.82 Å². The molecule has 0 saturated carbocycles. The lowest BCUT2D eigenvalue weighted by molar-refractivity contribution is 0.222. The van der Waals surface area contributed by atoms with Crippen LogP contribution in [0.1, 0.15) is 5.76 Å². The van der Waals surface area contributed by atoms with Gasteiger partial charge in [0.2, 0.25) is 0 Å². The molecule has 1 aromatic rings. The Labute approximate surface area is 102 Å². The van der Waals surface area contributed by atoms with Gasteiger partial charge in [0.25, 0.3) is 0 Å². The molecule has 0 unspecified atom stereocenters. The normalized spacial score (nSPS) is 10.7. The number of carbonyl (C=O) groups excluding carboxylic acids is 1. The molecule has 6 heteroatoms. The molecule has 1 heterocycles. The van der Waals surface area contributed by atoms with E-state index >= 15 is 0 Å². The molecule has 0 atom stereocenters. The third kappa shape index (κ3) is 3.74. The molecule has 0 spiro atoms. The number of nitrogens with zero attached hydrogens (tertiary/aromatic N) is 4. The van der Waals surface area contributed by atoms with Crippen molar-refractivity contribution in [3.63, 3.8) is 0 Å². The fraction of sp³-hybridized carbons (Fsp3) is 0.636. The summed E-state index contributed by atoms with van der Waals surface area (Å²) in [7, 11) is 7.37. The maximum atomic E-state index is 12.0. The second-order valence-corrected chi connectivity index (χ2v) is 4.43. The van der Waals surface area contributed by atoms with Gasteiger partial charge in [0, 0.05) is 33.3 Å². The maximum Gasteiger partial charge on any atom is 0.325 e. The first-order chi connectivity index (χ1) is 7.91. The summed E-state index contributed by atoms with van der Waals surface area (Å²) in [6.45, 7) is 3.15. The Hall–Kier alpha value is -1.56. The third-order valence-corrected chi connectivity index (χ3v) is 2.28. The molecule has 1 rings (SSSR count). The van der Waals surface area contributed by atoms with Gasteiger partial charge in [-0.1, -0.05) is 5.16 Å². The highest BCUT2D eigenvalue weighted by Crippen LogP contribution is 2.14. The minimum absolute atomic E-state index is 0.0971. The largest absolute Gasteiger partial charge is 0.360 e. The topological polar surface area (TPSA) is 52.8 Å². The van der Waals surface area contributed by atoms with Crippen LogP contribution in [-0.2, 0) is 0 Å². The van der Waals surface area contributed by atoms with Gasteiger partial charge in [-0.25, -0.2) is 4.79 Å². The van der Waals surface area contributed by atoms with Crippen LogP contribution in [0.25, 0.3) is 0 Å². The molecule has 0 aliphatic rings. The van der Waals surface area contributed by atoms with Crippen LogP contribution in [0.3, 0.4) is 0 Å². The summed E-state index contributed by atoms with van der Waals surface area (Å²) in [6.07, 6.45) is 0. The maximum absolute atomic E-state index is 12.0. The van der Waals surface area contributed by atoms with Crippen LogP contribution < -0.4 is 4.90 Å². The number of aryl methyl sites for hydroxylation is 1. The average Bonchev–Trinajstić information content (AvgIpc) is 2.64. The van der Waals surface area contributed by atoms with Crippen LogP contribution >= 0.6 is 0 Å². The number of hydrogen-bond donors (Lipinski definition) is 0. The summed E-state index contributed by atoms with van der Waals surface area (Å²) in [5.41, 5.74) is 0. The first kappa shape index (κ1) is 13.5. The van der Waals surface area contributed by atoms with E-state index in [4.69, 9.17) is 4.52 Å². The van der Waals surface area contributed by atoms with Crippen molar-refractivity contribution in [2.75, 3.05) is 46.2 Å². The Morgan fingerprint density at radius 2 is 1.94 bits per heavy atom. The van der Waals surface area contributed by atoms with Gasteiger partial charge in [-0.15, -0.1) is 0 Å². The van der Waals surface area contributed by atoms with Gasteiger partial charge >= 0.3 is 6.03 Å².